The minimum Gasteiger partial charge on any atom is -0.493 e. The van der Waals surface area contributed by atoms with E-state index in [2.05, 4.69) is 0 Å². The monoisotopic (exact) mass is 274 g/mol. The number of hydrogen-bond acceptors (Lipinski definition) is 2. The zero-order valence-corrected chi connectivity index (χ0v) is 11.7. The molecular formula is C16H15ClO2. The summed E-state index contributed by atoms with van der Waals surface area (Å²) in [5, 5.41) is 0.552. The molecule has 0 N–H and O–H groups in total. The molecule has 0 radical (unpaired) electrons. The highest BCUT2D eigenvalue weighted by atomic mass is 35.5. The quantitative estimate of drug-likeness (QED) is 0.778. The van der Waals surface area contributed by atoms with Crippen molar-refractivity contribution in [1.82, 2.24) is 0 Å². The molecule has 0 aromatic heterocycles. The molecule has 0 bridgehead atoms. The lowest BCUT2D eigenvalue weighted by Gasteiger charge is -2.10. The largest absolute Gasteiger partial charge is 0.493 e. The summed E-state index contributed by atoms with van der Waals surface area (Å²) in [4.78, 5) is 12.5. The zero-order chi connectivity index (χ0) is 13.8. The normalized spacial score (nSPS) is 10.3. The number of carbonyl (C=O) groups excluding carboxylic acids is 1. The summed E-state index contributed by atoms with van der Waals surface area (Å²) in [6, 6.07) is 12.5. The minimum absolute atomic E-state index is 0.0744. The second-order valence-corrected chi connectivity index (χ2v) is 4.71. The molecular weight excluding hydrogens is 260 g/mol. The molecule has 19 heavy (non-hydrogen) atoms. The Labute approximate surface area is 118 Å². The maximum atomic E-state index is 12.5. The fourth-order valence-corrected chi connectivity index (χ4v) is 2.08. The molecule has 0 aliphatic rings. The Morgan fingerprint density at radius 1 is 1.21 bits per heavy atom. The van der Waals surface area contributed by atoms with E-state index in [1.165, 1.54) is 0 Å². The predicted octanol–water partition coefficient (Wildman–Crippen LogP) is 4.28. The number of ketones is 1. The number of carbonyl (C=O) groups is 1. The summed E-state index contributed by atoms with van der Waals surface area (Å²) in [6.45, 7) is 4.37. The van der Waals surface area contributed by atoms with Crippen molar-refractivity contribution in [2.75, 3.05) is 6.61 Å². The van der Waals surface area contributed by atoms with Crippen molar-refractivity contribution in [3.05, 3.63) is 64.2 Å². The number of halogens is 1. The summed E-state index contributed by atoms with van der Waals surface area (Å²) < 4.78 is 5.51. The molecule has 0 saturated heterocycles. The first-order valence-electron chi connectivity index (χ1n) is 6.15. The van der Waals surface area contributed by atoms with E-state index in [1.807, 2.05) is 32.0 Å². The molecule has 2 aromatic rings. The maximum absolute atomic E-state index is 12.5. The van der Waals surface area contributed by atoms with E-state index in [-0.39, 0.29) is 5.78 Å². The van der Waals surface area contributed by atoms with Gasteiger partial charge < -0.3 is 4.74 Å². The molecule has 0 amide bonds. The van der Waals surface area contributed by atoms with Gasteiger partial charge in [0, 0.05) is 10.6 Å². The van der Waals surface area contributed by atoms with Crippen LogP contribution in [0.3, 0.4) is 0 Å². The van der Waals surface area contributed by atoms with E-state index in [4.69, 9.17) is 16.3 Å². The average molecular weight is 275 g/mol. The van der Waals surface area contributed by atoms with Gasteiger partial charge in [-0.3, -0.25) is 4.79 Å². The number of ether oxygens (including phenoxy) is 1. The molecule has 0 heterocycles. The highest BCUT2D eigenvalue weighted by Gasteiger charge is 2.15. The van der Waals surface area contributed by atoms with Gasteiger partial charge in [0.1, 0.15) is 5.75 Å². The van der Waals surface area contributed by atoms with Crippen LogP contribution in [0.1, 0.15) is 28.4 Å². The molecule has 2 nitrogen and oxygen atoms in total. The summed E-state index contributed by atoms with van der Waals surface area (Å²) in [5.41, 5.74) is 2.16. The molecule has 0 saturated carbocycles. The van der Waals surface area contributed by atoms with Crippen LogP contribution >= 0.6 is 11.6 Å². The van der Waals surface area contributed by atoms with E-state index >= 15 is 0 Å². The van der Waals surface area contributed by atoms with Gasteiger partial charge in [0.25, 0.3) is 0 Å². The van der Waals surface area contributed by atoms with Crippen molar-refractivity contribution >= 4 is 17.4 Å². The summed E-state index contributed by atoms with van der Waals surface area (Å²) >= 11 is 5.93. The van der Waals surface area contributed by atoms with Gasteiger partial charge in [0.15, 0.2) is 5.78 Å². The van der Waals surface area contributed by atoms with Crippen LogP contribution < -0.4 is 4.74 Å². The second kappa shape index (κ2) is 5.89. The molecule has 2 rings (SSSR count). The van der Waals surface area contributed by atoms with Crippen molar-refractivity contribution in [2.45, 2.75) is 13.8 Å². The fourth-order valence-electron chi connectivity index (χ4n) is 1.89. The number of rotatable bonds is 4. The number of benzene rings is 2. The third-order valence-corrected chi connectivity index (χ3v) is 3.00. The molecule has 0 aliphatic carbocycles. The van der Waals surface area contributed by atoms with Gasteiger partial charge in [-0.05, 0) is 38.1 Å². The minimum atomic E-state index is -0.0744. The summed E-state index contributed by atoms with van der Waals surface area (Å²) in [6.07, 6.45) is 0. The topological polar surface area (TPSA) is 26.3 Å². The van der Waals surface area contributed by atoms with E-state index in [1.54, 1.807) is 24.3 Å². The van der Waals surface area contributed by atoms with Crippen LogP contribution in [0, 0.1) is 6.92 Å². The predicted molar refractivity (Wildman–Crippen MR) is 77.2 cm³/mol. The number of hydrogen-bond donors (Lipinski definition) is 0. The first-order chi connectivity index (χ1) is 9.11. The van der Waals surface area contributed by atoms with Gasteiger partial charge in [-0.2, -0.15) is 0 Å². The van der Waals surface area contributed by atoms with Gasteiger partial charge in [0.2, 0.25) is 0 Å². The lowest BCUT2D eigenvalue weighted by Crippen LogP contribution is -2.06. The van der Waals surface area contributed by atoms with Crippen molar-refractivity contribution in [2.24, 2.45) is 0 Å². The van der Waals surface area contributed by atoms with E-state index < -0.39 is 0 Å². The summed E-state index contributed by atoms with van der Waals surface area (Å²) in [5.74, 6) is 0.535. The Morgan fingerprint density at radius 2 is 2.00 bits per heavy atom. The highest BCUT2D eigenvalue weighted by molar-refractivity contribution is 6.31. The molecule has 3 heteroatoms. The van der Waals surface area contributed by atoms with Crippen molar-refractivity contribution in [3.8, 4) is 5.75 Å². The van der Waals surface area contributed by atoms with E-state index in [0.717, 1.165) is 5.56 Å². The molecule has 98 valence electrons. The maximum Gasteiger partial charge on any atom is 0.196 e. The van der Waals surface area contributed by atoms with Crippen LogP contribution in [0.2, 0.25) is 5.02 Å². The van der Waals surface area contributed by atoms with Crippen LogP contribution in [0.4, 0.5) is 0 Å². The SMILES string of the molecule is CCOc1ccc(C)cc1C(=O)c1cccc(Cl)c1. The first kappa shape index (κ1) is 13.6. The third kappa shape index (κ3) is 3.15. The Morgan fingerprint density at radius 3 is 2.68 bits per heavy atom. The number of aryl methyl sites for hydroxylation is 1. The van der Waals surface area contributed by atoms with Crippen molar-refractivity contribution < 1.29 is 9.53 Å². The van der Waals surface area contributed by atoms with Gasteiger partial charge >= 0.3 is 0 Å². The van der Waals surface area contributed by atoms with Crippen LogP contribution in [-0.2, 0) is 0 Å². The summed E-state index contributed by atoms with van der Waals surface area (Å²) in [7, 11) is 0. The molecule has 0 fully saturated rings. The fraction of sp³-hybridized carbons (Fsp3) is 0.188. The van der Waals surface area contributed by atoms with E-state index in [0.29, 0.717) is 28.5 Å². The Kier molecular flexibility index (Phi) is 4.23. The van der Waals surface area contributed by atoms with Gasteiger partial charge in [-0.1, -0.05) is 35.4 Å². The molecule has 0 unspecified atom stereocenters. The Bertz CT molecular complexity index is 605. The van der Waals surface area contributed by atoms with Gasteiger partial charge in [-0.15, -0.1) is 0 Å². The van der Waals surface area contributed by atoms with Crippen molar-refractivity contribution in [3.63, 3.8) is 0 Å². The smallest absolute Gasteiger partial charge is 0.196 e. The third-order valence-electron chi connectivity index (χ3n) is 2.77. The molecule has 0 aliphatic heterocycles. The molecule has 0 atom stereocenters. The van der Waals surface area contributed by atoms with Crippen LogP contribution in [0.5, 0.6) is 5.75 Å². The lowest BCUT2D eigenvalue weighted by atomic mass is 10.0. The van der Waals surface area contributed by atoms with E-state index in [9.17, 15) is 4.79 Å². The van der Waals surface area contributed by atoms with Gasteiger partial charge in [-0.25, -0.2) is 0 Å². The Balaban J connectivity index is 2.45. The Hall–Kier alpha value is -1.80. The standard InChI is InChI=1S/C16H15ClO2/c1-3-19-15-8-7-11(2)9-14(15)16(18)12-5-4-6-13(17)10-12/h4-10H,3H2,1-2H3. The second-order valence-electron chi connectivity index (χ2n) is 4.27. The lowest BCUT2D eigenvalue weighted by molar-refractivity contribution is 0.103. The van der Waals surface area contributed by atoms with Crippen LogP contribution in [0.25, 0.3) is 0 Å². The van der Waals surface area contributed by atoms with Gasteiger partial charge in [0.05, 0.1) is 12.2 Å². The van der Waals surface area contributed by atoms with Crippen LogP contribution in [-0.4, -0.2) is 12.4 Å². The average Bonchev–Trinajstić information content (AvgIpc) is 2.40. The molecule has 0 spiro atoms. The van der Waals surface area contributed by atoms with Crippen LogP contribution in [0.15, 0.2) is 42.5 Å². The van der Waals surface area contributed by atoms with Crippen molar-refractivity contribution in [1.29, 1.82) is 0 Å². The highest BCUT2D eigenvalue weighted by Crippen LogP contribution is 2.24. The zero-order valence-electron chi connectivity index (χ0n) is 10.9. The first-order valence-corrected chi connectivity index (χ1v) is 6.53. The molecule has 2 aromatic carbocycles.